The second-order valence-corrected chi connectivity index (χ2v) is 6.12. The van der Waals surface area contributed by atoms with E-state index in [0.717, 1.165) is 5.56 Å². The number of hydrogen-bond acceptors (Lipinski definition) is 4. The maximum Gasteiger partial charge on any atom is 0.310 e. The molecule has 1 N–H and O–H groups in total. The van der Waals surface area contributed by atoms with Gasteiger partial charge in [-0.1, -0.05) is 43.3 Å². The van der Waals surface area contributed by atoms with Crippen molar-refractivity contribution in [1.82, 2.24) is 5.32 Å². The molecule has 0 radical (unpaired) electrons. The number of hydrogen-bond donors (Lipinski definition) is 1. The highest BCUT2D eigenvalue weighted by Crippen LogP contribution is 2.18. The fourth-order valence-electron chi connectivity index (χ4n) is 1.95. The zero-order chi connectivity index (χ0) is 15.1. The van der Waals surface area contributed by atoms with Crippen molar-refractivity contribution < 1.29 is 9.53 Å². The maximum absolute atomic E-state index is 12.0. The molecule has 112 valence electrons. The Hall–Kier alpha value is -1.65. The molecule has 1 unspecified atom stereocenters. The Balaban J connectivity index is 1.72. The molecule has 2 atom stereocenters. The van der Waals surface area contributed by atoms with E-state index in [1.54, 1.807) is 11.3 Å². The van der Waals surface area contributed by atoms with Crippen LogP contribution < -0.4 is 5.32 Å². The lowest BCUT2D eigenvalue weighted by atomic mass is 10.1. The third kappa shape index (κ3) is 4.99. The Morgan fingerprint density at radius 3 is 2.62 bits per heavy atom. The van der Waals surface area contributed by atoms with Crippen molar-refractivity contribution in [1.29, 1.82) is 0 Å². The first-order valence-corrected chi connectivity index (χ1v) is 8.02. The molecule has 0 saturated carbocycles. The Kier molecular flexibility index (Phi) is 5.96. The molecule has 0 bridgehead atoms. The summed E-state index contributed by atoms with van der Waals surface area (Å²) in [6, 6.07) is 14.1. The van der Waals surface area contributed by atoms with Crippen LogP contribution in [0.15, 0.2) is 47.8 Å². The second kappa shape index (κ2) is 7.96. The highest BCUT2D eigenvalue weighted by Gasteiger charge is 2.16. The molecule has 2 aromatic rings. The van der Waals surface area contributed by atoms with Crippen LogP contribution in [0.2, 0.25) is 0 Å². The Morgan fingerprint density at radius 2 is 1.95 bits per heavy atom. The van der Waals surface area contributed by atoms with Gasteiger partial charge in [-0.05, 0) is 23.9 Å². The van der Waals surface area contributed by atoms with Crippen LogP contribution in [0.25, 0.3) is 0 Å². The smallest absolute Gasteiger partial charge is 0.310 e. The molecule has 0 aliphatic heterocycles. The van der Waals surface area contributed by atoms with Crippen molar-refractivity contribution in [2.24, 2.45) is 5.92 Å². The summed E-state index contributed by atoms with van der Waals surface area (Å²) in [5, 5.41) is 5.43. The van der Waals surface area contributed by atoms with Gasteiger partial charge in [0.1, 0.15) is 6.61 Å². The Labute approximate surface area is 130 Å². The van der Waals surface area contributed by atoms with Crippen LogP contribution in [-0.2, 0) is 16.1 Å². The summed E-state index contributed by atoms with van der Waals surface area (Å²) in [6.45, 7) is 4.95. The lowest BCUT2D eigenvalue weighted by Gasteiger charge is -2.16. The largest absolute Gasteiger partial charge is 0.461 e. The predicted octanol–water partition coefficient (Wildman–Crippen LogP) is 3.78. The van der Waals surface area contributed by atoms with Gasteiger partial charge in [0.25, 0.3) is 0 Å². The van der Waals surface area contributed by atoms with E-state index in [1.165, 1.54) is 4.88 Å². The van der Waals surface area contributed by atoms with E-state index in [-0.39, 0.29) is 17.9 Å². The fourth-order valence-corrected chi connectivity index (χ4v) is 2.70. The fraction of sp³-hybridized carbons (Fsp3) is 0.353. The van der Waals surface area contributed by atoms with Gasteiger partial charge in [-0.15, -0.1) is 11.3 Å². The quantitative estimate of drug-likeness (QED) is 0.791. The Bertz CT molecular complexity index is 539. The molecular formula is C17H21NO2S. The molecule has 0 spiro atoms. The molecule has 1 heterocycles. The van der Waals surface area contributed by atoms with E-state index in [2.05, 4.69) is 23.7 Å². The van der Waals surface area contributed by atoms with Crippen molar-refractivity contribution >= 4 is 17.3 Å². The van der Waals surface area contributed by atoms with Crippen molar-refractivity contribution in [3.63, 3.8) is 0 Å². The molecule has 0 saturated heterocycles. The number of nitrogens with one attached hydrogen (secondary N) is 1. The van der Waals surface area contributed by atoms with Crippen LogP contribution in [0.1, 0.15) is 30.3 Å². The molecule has 0 fully saturated rings. The van der Waals surface area contributed by atoms with Crippen LogP contribution in [0.4, 0.5) is 0 Å². The lowest BCUT2D eigenvalue weighted by Crippen LogP contribution is -2.29. The van der Waals surface area contributed by atoms with Gasteiger partial charge in [0, 0.05) is 17.5 Å². The van der Waals surface area contributed by atoms with Gasteiger partial charge in [0.2, 0.25) is 0 Å². The van der Waals surface area contributed by atoms with E-state index >= 15 is 0 Å². The van der Waals surface area contributed by atoms with Crippen LogP contribution >= 0.6 is 11.3 Å². The molecule has 1 aromatic carbocycles. The second-order valence-electron chi connectivity index (χ2n) is 5.14. The summed E-state index contributed by atoms with van der Waals surface area (Å²) in [7, 11) is 0. The average Bonchev–Trinajstić information content (AvgIpc) is 3.05. The van der Waals surface area contributed by atoms with Crippen molar-refractivity contribution in [3.05, 3.63) is 58.3 Å². The van der Waals surface area contributed by atoms with Crippen LogP contribution in [0.3, 0.4) is 0 Å². The maximum atomic E-state index is 12.0. The van der Waals surface area contributed by atoms with Crippen molar-refractivity contribution in [2.45, 2.75) is 26.5 Å². The number of carbonyl (C=O) groups is 1. The number of rotatable bonds is 7. The highest BCUT2D eigenvalue weighted by molar-refractivity contribution is 7.10. The molecule has 0 aliphatic rings. The molecule has 1 aromatic heterocycles. The number of benzene rings is 1. The summed E-state index contributed by atoms with van der Waals surface area (Å²) in [5.41, 5.74) is 1.01. The minimum Gasteiger partial charge on any atom is -0.461 e. The standard InChI is InChI=1S/C17H21NO2S/c1-13(11-18-14(2)16-9-6-10-21-16)17(19)20-12-15-7-4-3-5-8-15/h3-10,13-14,18H,11-12H2,1-2H3/t13?,14-/m0/s1. The van der Waals surface area contributed by atoms with E-state index < -0.39 is 0 Å². The predicted molar refractivity (Wildman–Crippen MR) is 86.1 cm³/mol. The summed E-state index contributed by atoms with van der Waals surface area (Å²) >= 11 is 1.72. The third-order valence-electron chi connectivity index (χ3n) is 3.33. The molecule has 2 rings (SSSR count). The van der Waals surface area contributed by atoms with Gasteiger partial charge in [-0.3, -0.25) is 4.79 Å². The van der Waals surface area contributed by atoms with Gasteiger partial charge in [-0.25, -0.2) is 0 Å². The highest BCUT2D eigenvalue weighted by atomic mass is 32.1. The molecule has 0 aliphatic carbocycles. The average molecular weight is 303 g/mol. The van der Waals surface area contributed by atoms with E-state index in [0.29, 0.717) is 13.2 Å². The summed E-state index contributed by atoms with van der Waals surface area (Å²) in [5.74, 6) is -0.319. The topological polar surface area (TPSA) is 38.3 Å². The van der Waals surface area contributed by atoms with Gasteiger partial charge < -0.3 is 10.1 Å². The molecule has 0 amide bonds. The normalized spacial score (nSPS) is 13.6. The zero-order valence-electron chi connectivity index (χ0n) is 12.4. The molecule has 4 heteroatoms. The summed E-state index contributed by atoms with van der Waals surface area (Å²) < 4.78 is 5.34. The van der Waals surface area contributed by atoms with Crippen LogP contribution in [-0.4, -0.2) is 12.5 Å². The Morgan fingerprint density at radius 1 is 1.19 bits per heavy atom. The van der Waals surface area contributed by atoms with Gasteiger partial charge >= 0.3 is 5.97 Å². The minimum absolute atomic E-state index is 0.156. The third-order valence-corrected chi connectivity index (χ3v) is 4.38. The monoisotopic (exact) mass is 303 g/mol. The van der Waals surface area contributed by atoms with Gasteiger partial charge in [0.15, 0.2) is 0 Å². The van der Waals surface area contributed by atoms with Crippen LogP contribution in [0.5, 0.6) is 0 Å². The van der Waals surface area contributed by atoms with Crippen molar-refractivity contribution in [2.75, 3.05) is 6.54 Å². The van der Waals surface area contributed by atoms with Crippen molar-refractivity contribution in [3.8, 4) is 0 Å². The minimum atomic E-state index is -0.162. The van der Waals surface area contributed by atoms with Gasteiger partial charge in [0.05, 0.1) is 5.92 Å². The number of ether oxygens (including phenoxy) is 1. The van der Waals surface area contributed by atoms with E-state index in [4.69, 9.17) is 4.74 Å². The van der Waals surface area contributed by atoms with Crippen LogP contribution in [0, 0.1) is 5.92 Å². The summed E-state index contributed by atoms with van der Waals surface area (Å²) in [4.78, 5) is 13.2. The number of carbonyl (C=O) groups excluding carboxylic acids is 1. The first-order chi connectivity index (χ1) is 10.2. The van der Waals surface area contributed by atoms with E-state index in [1.807, 2.05) is 43.3 Å². The number of esters is 1. The molecular weight excluding hydrogens is 282 g/mol. The number of thiophene rings is 1. The zero-order valence-corrected chi connectivity index (χ0v) is 13.2. The lowest BCUT2D eigenvalue weighted by molar-refractivity contribution is -0.149. The SMILES string of the molecule is CC(CN[C@@H](C)c1cccs1)C(=O)OCc1ccccc1. The van der Waals surface area contributed by atoms with Gasteiger partial charge in [-0.2, -0.15) is 0 Å². The molecule has 21 heavy (non-hydrogen) atoms. The molecule has 3 nitrogen and oxygen atoms in total. The first-order valence-electron chi connectivity index (χ1n) is 7.14. The van der Waals surface area contributed by atoms with E-state index in [9.17, 15) is 4.79 Å². The first kappa shape index (κ1) is 15.7. The summed E-state index contributed by atoms with van der Waals surface area (Å²) in [6.07, 6.45) is 0.